The standard InChI is InChI=1S/C21H19N5O4/c1-13-17(20(27)25-10-14(9-22)11-25)12-26-19(13)18(7-8-23-26)30-16-5-3-15(4-6-16)24-21(28)29-2/h3-8,12,14H,10-11H2,1-2H3,(H,24,28). The summed E-state index contributed by atoms with van der Waals surface area (Å²) in [5.41, 5.74) is 2.56. The molecule has 1 aliphatic heterocycles. The minimum absolute atomic E-state index is 0.0973. The minimum Gasteiger partial charge on any atom is -0.455 e. The lowest BCUT2D eigenvalue weighted by molar-refractivity contribution is 0.0576. The van der Waals surface area contributed by atoms with Crippen LogP contribution in [-0.2, 0) is 4.74 Å². The number of aromatic nitrogens is 2. The summed E-state index contributed by atoms with van der Waals surface area (Å²) in [4.78, 5) is 25.7. The number of fused-ring (bicyclic) bond motifs is 1. The van der Waals surface area contributed by atoms with Crippen LogP contribution in [0.3, 0.4) is 0 Å². The fourth-order valence-corrected chi connectivity index (χ4v) is 3.32. The van der Waals surface area contributed by atoms with Crippen LogP contribution in [-0.4, -0.2) is 46.7 Å². The number of rotatable bonds is 4. The summed E-state index contributed by atoms with van der Waals surface area (Å²) in [6.07, 6.45) is 2.73. The zero-order chi connectivity index (χ0) is 21.3. The Kier molecular flexibility index (Phi) is 4.98. The highest BCUT2D eigenvalue weighted by molar-refractivity contribution is 5.98. The molecule has 1 N–H and O–H groups in total. The second kappa shape index (κ2) is 7.75. The number of amides is 2. The van der Waals surface area contributed by atoms with Gasteiger partial charge >= 0.3 is 6.09 Å². The molecule has 1 aliphatic rings. The number of aryl methyl sites for hydroxylation is 1. The van der Waals surface area contributed by atoms with E-state index in [0.717, 1.165) is 5.56 Å². The second-order valence-electron chi connectivity index (χ2n) is 6.94. The number of nitriles is 1. The Hall–Kier alpha value is -4.06. The predicted molar refractivity (Wildman–Crippen MR) is 107 cm³/mol. The van der Waals surface area contributed by atoms with Gasteiger partial charge in [0.1, 0.15) is 11.3 Å². The maximum atomic E-state index is 12.8. The lowest BCUT2D eigenvalue weighted by atomic mass is 10.0. The van der Waals surface area contributed by atoms with E-state index >= 15 is 0 Å². The predicted octanol–water partition coefficient (Wildman–Crippen LogP) is 3.21. The van der Waals surface area contributed by atoms with Crippen molar-refractivity contribution in [2.75, 3.05) is 25.5 Å². The Morgan fingerprint density at radius 3 is 2.63 bits per heavy atom. The van der Waals surface area contributed by atoms with Crippen molar-refractivity contribution in [3.05, 3.63) is 53.9 Å². The van der Waals surface area contributed by atoms with Gasteiger partial charge in [0.2, 0.25) is 0 Å². The molecule has 0 spiro atoms. The number of ether oxygens (including phenoxy) is 2. The fourth-order valence-electron chi connectivity index (χ4n) is 3.32. The van der Waals surface area contributed by atoms with E-state index in [1.807, 2.05) is 6.92 Å². The van der Waals surface area contributed by atoms with E-state index in [4.69, 9.17) is 10.00 Å². The molecule has 1 aromatic carbocycles. The van der Waals surface area contributed by atoms with E-state index in [2.05, 4.69) is 21.2 Å². The number of anilines is 1. The molecule has 2 amide bonds. The molecule has 3 heterocycles. The SMILES string of the molecule is COC(=O)Nc1ccc(Oc2ccnn3cc(C(=O)N4CC(C#N)C4)c(C)c23)cc1. The summed E-state index contributed by atoms with van der Waals surface area (Å²) in [6.45, 7) is 2.75. The van der Waals surface area contributed by atoms with Crippen molar-refractivity contribution in [1.82, 2.24) is 14.5 Å². The number of hydrogen-bond acceptors (Lipinski definition) is 6. The van der Waals surface area contributed by atoms with Crippen LogP contribution in [0, 0.1) is 24.2 Å². The molecule has 0 saturated carbocycles. The molecule has 30 heavy (non-hydrogen) atoms. The van der Waals surface area contributed by atoms with Crippen molar-refractivity contribution in [2.45, 2.75) is 6.92 Å². The van der Waals surface area contributed by atoms with Gasteiger partial charge in [0, 0.05) is 31.0 Å². The van der Waals surface area contributed by atoms with Crippen molar-refractivity contribution >= 4 is 23.2 Å². The number of nitrogens with zero attached hydrogens (tertiary/aromatic N) is 4. The molecule has 3 aromatic rings. The summed E-state index contributed by atoms with van der Waals surface area (Å²) in [6, 6.07) is 10.7. The molecule has 4 rings (SSSR count). The number of nitrogens with one attached hydrogen (secondary N) is 1. The van der Waals surface area contributed by atoms with Crippen molar-refractivity contribution in [3.63, 3.8) is 0 Å². The highest BCUT2D eigenvalue weighted by Gasteiger charge is 2.32. The maximum absolute atomic E-state index is 12.8. The molecule has 9 nitrogen and oxygen atoms in total. The summed E-state index contributed by atoms with van der Waals surface area (Å²) in [5.74, 6) is 0.897. The third-order valence-corrected chi connectivity index (χ3v) is 4.99. The van der Waals surface area contributed by atoms with E-state index in [1.165, 1.54) is 7.11 Å². The largest absolute Gasteiger partial charge is 0.455 e. The van der Waals surface area contributed by atoms with E-state index in [0.29, 0.717) is 41.4 Å². The molecule has 0 bridgehead atoms. The Balaban J connectivity index is 1.58. The van der Waals surface area contributed by atoms with Crippen molar-refractivity contribution in [1.29, 1.82) is 5.26 Å². The van der Waals surface area contributed by atoms with E-state index in [-0.39, 0.29) is 11.8 Å². The number of carbonyl (C=O) groups excluding carboxylic acids is 2. The van der Waals surface area contributed by atoms with Crippen LogP contribution in [0.15, 0.2) is 42.7 Å². The number of likely N-dealkylation sites (tertiary alicyclic amines) is 1. The quantitative estimate of drug-likeness (QED) is 0.714. The lowest BCUT2D eigenvalue weighted by Crippen LogP contribution is -2.49. The summed E-state index contributed by atoms with van der Waals surface area (Å²) in [5, 5.41) is 15.8. The normalized spacial score (nSPS) is 13.4. The molecule has 2 aromatic heterocycles. The Labute approximate surface area is 172 Å². The maximum Gasteiger partial charge on any atom is 0.411 e. The van der Waals surface area contributed by atoms with E-state index < -0.39 is 6.09 Å². The molecule has 0 atom stereocenters. The van der Waals surface area contributed by atoms with Crippen LogP contribution in [0.2, 0.25) is 0 Å². The molecule has 1 saturated heterocycles. The van der Waals surface area contributed by atoms with Gasteiger partial charge in [-0.15, -0.1) is 0 Å². The number of hydrogen-bond donors (Lipinski definition) is 1. The monoisotopic (exact) mass is 405 g/mol. The van der Waals surface area contributed by atoms with Gasteiger partial charge in [-0.05, 0) is 36.8 Å². The molecule has 0 radical (unpaired) electrons. The first kappa shape index (κ1) is 19.3. The first-order valence-electron chi connectivity index (χ1n) is 9.29. The topological polar surface area (TPSA) is 109 Å². The van der Waals surface area contributed by atoms with Crippen LogP contribution < -0.4 is 10.1 Å². The summed E-state index contributed by atoms with van der Waals surface area (Å²) >= 11 is 0. The summed E-state index contributed by atoms with van der Waals surface area (Å²) < 4.78 is 12.2. The smallest absolute Gasteiger partial charge is 0.411 e. The third kappa shape index (κ3) is 3.51. The highest BCUT2D eigenvalue weighted by atomic mass is 16.5. The number of benzene rings is 1. The third-order valence-electron chi connectivity index (χ3n) is 4.99. The molecule has 152 valence electrons. The molecular weight excluding hydrogens is 386 g/mol. The van der Waals surface area contributed by atoms with Crippen LogP contribution in [0.4, 0.5) is 10.5 Å². The van der Waals surface area contributed by atoms with Crippen LogP contribution in [0.25, 0.3) is 5.52 Å². The van der Waals surface area contributed by atoms with Gasteiger partial charge in [-0.3, -0.25) is 10.1 Å². The Morgan fingerprint density at radius 2 is 1.97 bits per heavy atom. The van der Waals surface area contributed by atoms with Gasteiger partial charge in [-0.25, -0.2) is 9.31 Å². The fraction of sp³-hybridized carbons (Fsp3) is 0.238. The molecular formula is C21H19N5O4. The van der Waals surface area contributed by atoms with Crippen molar-refractivity contribution < 1.29 is 19.1 Å². The zero-order valence-electron chi connectivity index (χ0n) is 16.5. The van der Waals surface area contributed by atoms with Gasteiger partial charge in [0.15, 0.2) is 5.75 Å². The van der Waals surface area contributed by atoms with Gasteiger partial charge in [0.25, 0.3) is 5.91 Å². The van der Waals surface area contributed by atoms with Crippen LogP contribution in [0.1, 0.15) is 15.9 Å². The number of methoxy groups -OCH3 is 1. The molecule has 0 unspecified atom stereocenters. The molecule has 0 aliphatic carbocycles. The van der Waals surface area contributed by atoms with Gasteiger partial charge in [-0.1, -0.05) is 0 Å². The molecule has 9 heteroatoms. The van der Waals surface area contributed by atoms with Gasteiger partial charge in [0.05, 0.1) is 30.9 Å². The number of carbonyl (C=O) groups is 2. The van der Waals surface area contributed by atoms with Crippen LogP contribution in [0.5, 0.6) is 11.5 Å². The van der Waals surface area contributed by atoms with Crippen molar-refractivity contribution in [2.24, 2.45) is 5.92 Å². The first-order valence-corrected chi connectivity index (χ1v) is 9.29. The lowest BCUT2D eigenvalue weighted by Gasteiger charge is -2.35. The van der Waals surface area contributed by atoms with E-state index in [1.54, 1.807) is 52.1 Å². The van der Waals surface area contributed by atoms with E-state index in [9.17, 15) is 9.59 Å². The van der Waals surface area contributed by atoms with Crippen molar-refractivity contribution in [3.8, 4) is 17.6 Å². The van der Waals surface area contributed by atoms with Crippen LogP contribution >= 0.6 is 0 Å². The first-order chi connectivity index (χ1) is 14.5. The minimum atomic E-state index is -0.552. The zero-order valence-corrected chi connectivity index (χ0v) is 16.5. The van der Waals surface area contributed by atoms with Gasteiger partial charge < -0.3 is 14.4 Å². The van der Waals surface area contributed by atoms with Gasteiger partial charge in [-0.2, -0.15) is 10.4 Å². The molecule has 1 fully saturated rings. The Bertz CT molecular complexity index is 1160. The second-order valence-corrected chi connectivity index (χ2v) is 6.94. The average molecular weight is 405 g/mol. The summed E-state index contributed by atoms with van der Waals surface area (Å²) in [7, 11) is 1.30. The Morgan fingerprint density at radius 1 is 1.23 bits per heavy atom. The highest BCUT2D eigenvalue weighted by Crippen LogP contribution is 2.32. The average Bonchev–Trinajstić information content (AvgIpc) is 3.06.